The van der Waals surface area contributed by atoms with E-state index in [1.807, 2.05) is 37.2 Å². The molecule has 7 heteroatoms. The quantitative estimate of drug-likeness (QED) is 0.808. The van der Waals surface area contributed by atoms with E-state index in [-0.39, 0.29) is 24.9 Å². The van der Waals surface area contributed by atoms with Crippen molar-refractivity contribution in [1.82, 2.24) is 10.2 Å². The lowest BCUT2D eigenvalue weighted by atomic mass is 10.1. The highest BCUT2D eigenvalue weighted by molar-refractivity contribution is 6.21. The van der Waals surface area contributed by atoms with Crippen LogP contribution in [0.3, 0.4) is 0 Å². The number of fused-ring (bicyclic) bond motifs is 1. The molecular formula is C19H20N4O3. The number of carbonyl (C=O) groups is 3. The second-order valence-corrected chi connectivity index (χ2v) is 6.13. The monoisotopic (exact) mass is 352 g/mol. The molecule has 2 aromatic carbocycles. The Balaban J connectivity index is 1.53. The first kappa shape index (κ1) is 17.5. The van der Waals surface area contributed by atoms with Gasteiger partial charge in [0, 0.05) is 38.6 Å². The Morgan fingerprint density at radius 3 is 2.27 bits per heavy atom. The van der Waals surface area contributed by atoms with Crippen LogP contribution in [0.15, 0.2) is 48.5 Å². The molecule has 1 aliphatic heterocycles. The lowest BCUT2D eigenvalue weighted by Crippen LogP contribution is -2.39. The van der Waals surface area contributed by atoms with Gasteiger partial charge in [0.25, 0.3) is 11.8 Å². The number of nitrogens with zero attached hydrogens (tertiary/aromatic N) is 2. The minimum atomic E-state index is -0.391. The fourth-order valence-electron chi connectivity index (χ4n) is 2.76. The zero-order valence-corrected chi connectivity index (χ0v) is 14.7. The lowest BCUT2D eigenvalue weighted by Gasteiger charge is -2.16. The molecule has 0 atom stereocenters. The SMILES string of the molecule is CN(C)c1cccc(NC(=O)NCCN2C(=O)c3ccccc3C2=O)c1. The smallest absolute Gasteiger partial charge is 0.319 e. The number of hydrogen-bond acceptors (Lipinski definition) is 4. The number of rotatable bonds is 5. The molecule has 4 amide bonds. The van der Waals surface area contributed by atoms with Crippen molar-refractivity contribution in [3.05, 3.63) is 59.7 Å². The van der Waals surface area contributed by atoms with Crippen molar-refractivity contribution >= 4 is 29.2 Å². The third-order valence-corrected chi connectivity index (χ3v) is 4.12. The third kappa shape index (κ3) is 3.51. The van der Waals surface area contributed by atoms with Crippen LogP contribution in [0.5, 0.6) is 0 Å². The molecule has 2 aromatic rings. The first-order valence-electron chi connectivity index (χ1n) is 8.25. The van der Waals surface area contributed by atoms with Crippen molar-refractivity contribution in [3.63, 3.8) is 0 Å². The van der Waals surface area contributed by atoms with Gasteiger partial charge in [0.2, 0.25) is 0 Å². The second kappa shape index (κ2) is 7.26. The van der Waals surface area contributed by atoms with Gasteiger partial charge >= 0.3 is 6.03 Å². The molecule has 0 bridgehead atoms. The number of imide groups is 1. The molecule has 0 fully saturated rings. The maximum atomic E-state index is 12.2. The van der Waals surface area contributed by atoms with Crippen molar-refractivity contribution in [3.8, 4) is 0 Å². The van der Waals surface area contributed by atoms with Gasteiger partial charge in [-0.05, 0) is 30.3 Å². The topological polar surface area (TPSA) is 81.8 Å². The highest BCUT2D eigenvalue weighted by Crippen LogP contribution is 2.21. The summed E-state index contributed by atoms with van der Waals surface area (Å²) in [6, 6.07) is 13.7. The first-order valence-corrected chi connectivity index (χ1v) is 8.25. The third-order valence-electron chi connectivity index (χ3n) is 4.12. The van der Waals surface area contributed by atoms with E-state index in [9.17, 15) is 14.4 Å². The summed E-state index contributed by atoms with van der Waals surface area (Å²) in [6.07, 6.45) is 0. The molecule has 3 rings (SSSR count). The van der Waals surface area contributed by atoms with Crippen LogP contribution in [0, 0.1) is 0 Å². The molecule has 2 N–H and O–H groups in total. The van der Waals surface area contributed by atoms with Crippen LogP contribution in [0.1, 0.15) is 20.7 Å². The Bertz CT molecular complexity index is 828. The Morgan fingerprint density at radius 1 is 1.00 bits per heavy atom. The Kier molecular flexibility index (Phi) is 4.88. The van der Waals surface area contributed by atoms with E-state index in [1.165, 1.54) is 0 Å². The van der Waals surface area contributed by atoms with Crippen molar-refractivity contribution in [2.75, 3.05) is 37.4 Å². The fourth-order valence-corrected chi connectivity index (χ4v) is 2.76. The normalized spacial score (nSPS) is 12.8. The van der Waals surface area contributed by atoms with Gasteiger partial charge in [0.15, 0.2) is 0 Å². The van der Waals surface area contributed by atoms with Gasteiger partial charge in [0.1, 0.15) is 0 Å². The summed E-state index contributed by atoms with van der Waals surface area (Å²) in [4.78, 5) is 39.6. The second-order valence-electron chi connectivity index (χ2n) is 6.13. The molecular weight excluding hydrogens is 332 g/mol. The van der Waals surface area contributed by atoms with Crippen LogP contribution in [0.2, 0.25) is 0 Å². The fraction of sp³-hybridized carbons (Fsp3) is 0.211. The predicted octanol–water partition coefficient (Wildman–Crippen LogP) is 2.17. The minimum Gasteiger partial charge on any atom is -0.378 e. The molecule has 0 aliphatic carbocycles. The molecule has 1 aliphatic rings. The number of nitrogens with one attached hydrogen (secondary N) is 2. The molecule has 1 heterocycles. The maximum Gasteiger partial charge on any atom is 0.319 e. The average Bonchev–Trinajstić information content (AvgIpc) is 2.87. The predicted molar refractivity (Wildman–Crippen MR) is 99.6 cm³/mol. The Hall–Kier alpha value is -3.35. The van der Waals surface area contributed by atoms with E-state index < -0.39 is 6.03 Å². The highest BCUT2D eigenvalue weighted by atomic mass is 16.2. The van der Waals surface area contributed by atoms with Crippen LogP contribution in [0.4, 0.5) is 16.2 Å². The summed E-state index contributed by atoms with van der Waals surface area (Å²) < 4.78 is 0. The van der Waals surface area contributed by atoms with Crippen LogP contribution >= 0.6 is 0 Å². The number of urea groups is 1. The van der Waals surface area contributed by atoms with E-state index in [0.717, 1.165) is 10.6 Å². The highest BCUT2D eigenvalue weighted by Gasteiger charge is 2.34. The van der Waals surface area contributed by atoms with Gasteiger partial charge < -0.3 is 15.5 Å². The van der Waals surface area contributed by atoms with E-state index in [2.05, 4.69) is 10.6 Å². The Labute approximate surface area is 151 Å². The van der Waals surface area contributed by atoms with Crippen LogP contribution < -0.4 is 15.5 Å². The Morgan fingerprint density at radius 2 is 1.65 bits per heavy atom. The van der Waals surface area contributed by atoms with Crippen molar-refractivity contribution < 1.29 is 14.4 Å². The summed E-state index contributed by atoms with van der Waals surface area (Å²) in [6.45, 7) is 0.294. The summed E-state index contributed by atoms with van der Waals surface area (Å²) in [5.74, 6) is -0.655. The largest absolute Gasteiger partial charge is 0.378 e. The van der Waals surface area contributed by atoms with E-state index in [1.54, 1.807) is 30.3 Å². The molecule has 0 spiro atoms. The van der Waals surface area contributed by atoms with Gasteiger partial charge in [0.05, 0.1) is 11.1 Å². The molecule has 0 saturated carbocycles. The lowest BCUT2D eigenvalue weighted by molar-refractivity contribution is 0.0656. The number of carbonyl (C=O) groups excluding carboxylic acids is 3. The molecule has 7 nitrogen and oxygen atoms in total. The van der Waals surface area contributed by atoms with Crippen LogP contribution in [0.25, 0.3) is 0 Å². The standard InChI is InChI=1S/C19H20N4O3/c1-22(2)14-7-5-6-13(12-14)21-19(26)20-10-11-23-17(24)15-8-3-4-9-16(15)18(23)25/h3-9,12H,10-11H2,1-2H3,(H2,20,21,26). The van der Waals surface area contributed by atoms with E-state index >= 15 is 0 Å². The van der Waals surface area contributed by atoms with Crippen molar-refractivity contribution in [2.24, 2.45) is 0 Å². The van der Waals surface area contributed by atoms with Gasteiger partial charge in [-0.15, -0.1) is 0 Å². The number of amides is 4. The van der Waals surface area contributed by atoms with Crippen molar-refractivity contribution in [1.29, 1.82) is 0 Å². The summed E-state index contributed by atoms with van der Waals surface area (Å²) in [5, 5.41) is 5.40. The number of anilines is 2. The molecule has 134 valence electrons. The molecule has 0 saturated heterocycles. The molecule has 0 aromatic heterocycles. The zero-order valence-electron chi connectivity index (χ0n) is 14.7. The summed E-state index contributed by atoms with van der Waals surface area (Å²) >= 11 is 0. The van der Waals surface area contributed by atoms with Crippen molar-refractivity contribution in [2.45, 2.75) is 0 Å². The van der Waals surface area contributed by atoms with Crippen LogP contribution in [-0.4, -0.2) is 49.9 Å². The van der Waals surface area contributed by atoms with Gasteiger partial charge in [-0.3, -0.25) is 14.5 Å². The minimum absolute atomic E-state index is 0.123. The number of benzene rings is 2. The van der Waals surface area contributed by atoms with E-state index in [0.29, 0.717) is 16.8 Å². The van der Waals surface area contributed by atoms with Gasteiger partial charge in [-0.25, -0.2) is 4.79 Å². The van der Waals surface area contributed by atoms with E-state index in [4.69, 9.17) is 0 Å². The maximum absolute atomic E-state index is 12.2. The summed E-state index contributed by atoms with van der Waals surface area (Å²) in [7, 11) is 3.84. The summed E-state index contributed by atoms with van der Waals surface area (Å²) in [5.41, 5.74) is 2.44. The van der Waals surface area contributed by atoms with Gasteiger partial charge in [-0.2, -0.15) is 0 Å². The molecule has 26 heavy (non-hydrogen) atoms. The first-order chi connectivity index (χ1) is 12.5. The molecule has 0 radical (unpaired) electrons. The average molecular weight is 352 g/mol. The molecule has 0 unspecified atom stereocenters. The number of hydrogen-bond donors (Lipinski definition) is 2. The zero-order chi connectivity index (χ0) is 18.7. The van der Waals surface area contributed by atoms with Crippen LogP contribution in [-0.2, 0) is 0 Å². The van der Waals surface area contributed by atoms with Gasteiger partial charge in [-0.1, -0.05) is 18.2 Å².